The predicted octanol–water partition coefficient (Wildman–Crippen LogP) is 3.79. The van der Waals surface area contributed by atoms with Crippen molar-refractivity contribution in [3.8, 4) is 5.75 Å². The number of Topliss-reactive ketones (excluding diaryl/α,β-unsaturated/α-hetero) is 1. The van der Waals surface area contributed by atoms with E-state index in [9.17, 15) is 15.0 Å². The van der Waals surface area contributed by atoms with Gasteiger partial charge in [0.05, 0.1) is 17.9 Å². The molecule has 0 saturated heterocycles. The molecule has 9 heteroatoms. The number of aryl methyl sites for hydroxylation is 1. The van der Waals surface area contributed by atoms with Crippen molar-refractivity contribution in [2.24, 2.45) is 0 Å². The van der Waals surface area contributed by atoms with Gasteiger partial charge in [-0.05, 0) is 68.0 Å². The summed E-state index contributed by atoms with van der Waals surface area (Å²) in [5.41, 5.74) is 3.23. The third-order valence-electron chi connectivity index (χ3n) is 7.23. The number of carbonyl (C=O) groups excluding carboxylic acids is 1. The van der Waals surface area contributed by atoms with E-state index < -0.39 is 12.2 Å². The Bertz CT molecular complexity index is 1220. The van der Waals surface area contributed by atoms with Gasteiger partial charge in [-0.1, -0.05) is 6.07 Å². The Balaban J connectivity index is 1.10. The van der Waals surface area contributed by atoms with Crippen molar-refractivity contribution in [2.45, 2.75) is 70.4 Å². The van der Waals surface area contributed by atoms with Crippen LogP contribution in [0.5, 0.6) is 5.75 Å². The summed E-state index contributed by atoms with van der Waals surface area (Å²) in [6, 6.07) is 9.66. The zero-order valence-electron chi connectivity index (χ0n) is 21.1. The fourth-order valence-electron chi connectivity index (χ4n) is 4.79. The molecule has 1 unspecified atom stereocenters. The van der Waals surface area contributed by atoms with E-state index in [1.54, 1.807) is 18.3 Å². The minimum Gasteiger partial charge on any atom is -0.486 e. The van der Waals surface area contributed by atoms with Crippen LogP contribution >= 0.6 is 0 Å². The third kappa shape index (κ3) is 6.36. The normalized spacial score (nSPS) is 18.6. The van der Waals surface area contributed by atoms with E-state index in [2.05, 4.69) is 15.3 Å². The van der Waals surface area contributed by atoms with Crippen LogP contribution in [0, 0.1) is 6.92 Å². The molecule has 5 rings (SSSR count). The maximum absolute atomic E-state index is 12.7. The average molecular weight is 507 g/mol. The number of carbonyl (C=O) groups is 1. The minimum absolute atomic E-state index is 0.00446. The Morgan fingerprint density at radius 1 is 1.27 bits per heavy atom. The number of nitrogens with zero attached hydrogens (tertiary/aromatic N) is 3. The molecule has 1 aliphatic carbocycles. The van der Waals surface area contributed by atoms with E-state index in [0.717, 1.165) is 35.5 Å². The molecule has 0 radical (unpaired) electrons. The molecular weight excluding hydrogens is 472 g/mol. The maximum atomic E-state index is 12.7. The molecule has 2 aromatic heterocycles. The summed E-state index contributed by atoms with van der Waals surface area (Å²) in [6.45, 7) is 3.54. The van der Waals surface area contributed by atoms with E-state index in [4.69, 9.17) is 9.15 Å². The summed E-state index contributed by atoms with van der Waals surface area (Å²) in [6.07, 6.45) is 5.82. The lowest BCUT2D eigenvalue weighted by atomic mass is 9.93. The number of fused-ring (bicyclic) bond motifs is 1. The summed E-state index contributed by atoms with van der Waals surface area (Å²) in [7, 11) is 0. The smallest absolute Gasteiger partial charge is 0.181 e. The summed E-state index contributed by atoms with van der Waals surface area (Å²) >= 11 is 0. The fourth-order valence-corrected chi connectivity index (χ4v) is 4.79. The zero-order chi connectivity index (χ0) is 25.8. The number of hydrogen-bond donors (Lipinski definition) is 3. The van der Waals surface area contributed by atoms with Crippen LogP contribution < -0.4 is 10.1 Å². The topological polar surface area (TPSA) is 121 Å². The first-order valence-corrected chi connectivity index (χ1v) is 12.9. The molecule has 1 aromatic carbocycles. The van der Waals surface area contributed by atoms with E-state index in [1.165, 1.54) is 12.8 Å². The van der Waals surface area contributed by atoms with E-state index in [-0.39, 0.29) is 18.8 Å². The molecule has 0 spiro atoms. The first kappa shape index (κ1) is 25.4. The number of ether oxygens (including phenoxy) is 1. The van der Waals surface area contributed by atoms with E-state index >= 15 is 0 Å². The van der Waals surface area contributed by atoms with Crippen molar-refractivity contribution in [3.05, 3.63) is 71.1 Å². The molecule has 196 valence electrons. The van der Waals surface area contributed by atoms with Crippen molar-refractivity contribution in [1.29, 1.82) is 0 Å². The van der Waals surface area contributed by atoms with Crippen molar-refractivity contribution < 1.29 is 24.2 Å². The highest BCUT2D eigenvalue weighted by Crippen LogP contribution is 2.30. The van der Waals surface area contributed by atoms with Crippen LogP contribution in [0.4, 0.5) is 5.82 Å². The number of oxazole rings is 1. The van der Waals surface area contributed by atoms with Crippen molar-refractivity contribution in [2.75, 3.05) is 18.4 Å². The van der Waals surface area contributed by atoms with Crippen molar-refractivity contribution in [1.82, 2.24) is 14.9 Å². The Labute approximate surface area is 216 Å². The van der Waals surface area contributed by atoms with E-state index in [1.807, 2.05) is 30.0 Å². The van der Waals surface area contributed by atoms with Crippen LogP contribution in [-0.2, 0) is 13.2 Å². The quantitative estimate of drug-likeness (QED) is 0.334. The van der Waals surface area contributed by atoms with Gasteiger partial charge in [-0.3, -0.25) is 9.69 Å². The molecule has 9 nitrogen and oxygen atoms in total. The second kappa shape index (κ2) is 11.4. The number of β-amino-alcohol motifs (C(OH)–C–C–N with tert-alkyl or cyclic N) is 2. The van der Waals surface area contributed by atoms with Crippen molar-refractivity contribution >= 4 is 11.6 Å². The van der Waals surface area contributed by atoms with Gasteiger partial charge in [0.1, 0.15) is 18.2 Å². The Morgan fingerprint density at radius 2 is 2.14 bits per heavy atom. The first-order chi connectivity index (χ1) is 17.9. The molecule has 37 heavy (non-hydrogen) atoms. The summed E-state index contributed by atoms with van der Waals surface area (Å²) in [4.78, 5) is 23.1. The highest BCUT2D eigenvalue weighted by Gasteiger charge is 2.26. The number of rotatable bonds is 11. The standard InChI is InChI=1S/C28H34N4O5/c1-18-27(37-17-30-18)16-36-23-7-5-20-13-32(15-26(35)24(20)12-23)14-22(33)6-8-25(34)19-9-10-29-28(11-19)31-21-3-2-4-21/h5,7,9-12,17,21-22,26,33,35H,2-4,6,8,13-16H2,1H3,(H,29,31)/t22-,26?/m0/s1. The molecule has 0 amide bonds. The molecule has 1 saturated carbocycles. The third-order valence-corrected chi connectivity index (χ3v) is 7.23. The number of aliphatic hydroxyl groups excluding tert-OH is 2. The number of aliphatic hydroxyl groups is 2. The zero-order valence-corrected chi connectivity index (χ0v) is 21.1. The molecule has 0 bridgehead atoms. The Kier molecular flexibility index (Phi) is 7.83. The number of aromatic nitrogens is 2. The monoisotopic (exact) mass is 506 g/mol. The molecule has 2 atom stereocenters. The van der Waals surface area contributed by atoms with Gasteiger partial charge < -0.3 is 24.7 Å². The first-order valence-electron chi connectivity index (χ1n) is 12.9. The van der Waals surface area contributed by atoms with E-state index in [0.29, 0.717) is 49.2 Å². The maximum Gasteiger partial charge on any atom is 0.181 e. The van der Waals surface area contributed by atoms with Crippen LogP contribution in [0.25, 0.3) is 0 Å². The lowest BCUT2D eigenvalue weighted by Crippen LogP contribution is -2.38. The molecule has 3 N–H and O–H groups in total. The fraction of sp³-hybridized carbons (Fsp3) is 0.464. The SMILES string of the molecule is Cc1ncoc1COc1ccc2c(c1)C(O)CN(C[C@@H](O)CCC(=O)c1ccnc(NC3CCC3)c1)C2. The van der Waals surface area contributed by atoms with Gasteiger partial charge in [-0.2, -0.15) is 0 Å². The van der Waals surface area contributed by atoms with Gasteiger partial charge in [-0.25, -0.2) is 9.97 Å². The van der Waals surface area contributed by atoms with Crippen LogP contribution in [0.2, 0.25) is 0 Å². The number of ketones is 1. The van der Waals surface area contributed by atoms with Gasteiger partial charge in [0.2, 0.25) is 0 Å². The van der Waals surface area contributed by atoms with Gasteiger partial charge in [0.15, 0.2) is 17.9 Å². The average Bonchev–Trinajstić information content (AvgIpc) is 3.28. The van der Waals surface area contributed by atoms with Crippen LogP contribution in [-0.4, -0.2) is 56.1 Å². The second-order valence-electron chi connectivity index (χ2n) is 10.0. The molecule has 1 aliphatic heterocycles. The van der Waals surface area contributed by atoms with Gasteiger partial charge in [0.25, 0.3) is 0 Å². The number of pyridine rings is 1. The number of nitrogens with one attached hydrogen (secondary N) is 1. The molecule has 1 fully saturated rings. The summed E-state index contributed by atoms with van der Waals surface area (Å²) in [5.74, 6) is 2.06. The van der Waals surface area contributed by atoms with Crippen molar-refractivity contribution in [3.63, 3.8) is 0 Å². The minimum atomic E-state index is -0.688. The number of hydrogen-bond acceptors (Lipinski definition) is 9. The Hall–Kier alpha value is -3.27. The summed E-state index contributed by atoms with van der Waals surface area (Å²) < 4.78 is 11.1. The lowest BCUT2D eigenvalue weighted by molar-refractivity contribution is 0.0486. The molecular formula is C28H34N4O5. The molecule has 2 aliphatic rings. The molecule has 3 heterocycles. The number of anilines is 1. The van der Waals surface area contributed by atoms with Crippen LogP contribution in [0.1, 0.15) is 71.1 Å². The van der Waals surface area contributed by atoms with Gasteiger partial charge >= 0.3 is 0 Å². The number of benzene rings is 1. The predicted molar refractivity (Wildman–Crippen MR) is 137 cm³/mol. The molecule has 3 aromatic rings. The van der Waals surface area contributed by atoms with Crippen LogP contribution in [0.3, 0.4) is 0 Å². The highest BCUT2D eigenvalue weighted by atomic mass is 16.5. The highest BCUT2D eigenvalue weighted by molar-refractivity contribution is 5.96. The van der Waals surface area contributed by atoms with Gasteiger partial charge in [0, 0.05) is 43.9 Å². The van der Waals surface area contributed by atoms with Crippen LogP contribution in [0.15, 0.2) is 47.3 Å². The second-order valence-corrected chi connectivity index (χ2v) is 10.0. The largest absolute Gasteiger partial charge is 0.486 e. The Morgan fingerprint density at radius 3 is 2.89 bits per heavy atom. The summed E-state index contributed by atoms with van der Waals surface area (Å²) in [5, 5.41) is 24.8. The lowest BCUT2D eigenvalue weighted by Gasteiger charge is -2.33. The van der Waals surface area contributed by atoms with Gasteiger partial charge in [-0.15, -0.1) is 0 Å².